The first-order valence-electron chi connectivity index (χ1n) is 9.06. The van der Waals surface area contributed by atoms with Gasteiger partial charge in [-0.25, -0.2) is 4.79 Å². The molecule has 144 valence electrons. The first-order valence-corrected chi connectivity index (χ1v) is 9.85. The second kappa shape index (κ2) is 10.7. The second-order valence-corrected chi connectivity index (χ2v) is 6.87. The molecule has 0 aliphatic rings. The van der Waals surface area contributed by atoms with E-state index in [0.29, 0.717) is 30.0 Å². The molecule has 0 saturated carbocycles. The van der Waals surface area contributed by atoms with E-state index in [1.807, 2.05) is 6.92 Å². The average molecular weight is 434 g/mol. The number of anilines is 1. The summed E-state index contributed by atoms with van der Waals surface area (Å²) in [6.07, 6.45) is 2.82. The molecule has 0 saturated heterocycles. The quantitative estimate of drug-likeness (QED) is 0.421. The van der Waals surface area contributed by atoms with E-state index in [-0.39, 0.29) is 11.9 Å². The number of hydrogen-bond acceptors (Lipinski definition) is 4. The molecule has 2 aromatic rings. The highest BCUT2D eigenvalue weighted by Gasteiger charge is 2.11. The highest BCUT2D eigenvalue weighted by molar-refractivity contribution is 9.10. The number of halogens is 1. The Bertz CT molecular complexity index is 774. The predicted octanol–water partition coefficient (Wildman–Crippen LogP) is 5.45. The van der Waals surface area contributed by atoms with Crippen LogP contribution in [0.4, 0.5) is 5.69 Å². The molecule has 2 rings (SSSR count). The number of unbranched alkanes of at least 4 members (excludes halogenated alkanes) is 1. The molecule has 1 amide bonds. The van der Waals surface area contributed by atoms with Gasteiger partial charge in [-0.05, 0) is 71.2 Å². The Morgan fingerprint density at radius 2 is 1.67 bits per heavy atom. The number of benzene rings is 2. The zero-order chi connectivity index (χ0) is 19.6. The fourth-order valence-electron chi connectivity index (χ4n) is 2.26. The molecule has 0 spiro atoms. The summed E-state index contributed by atoms with van der Waals surface area (Å²) in [6.45, 7) is 5.08. The zero-order valence-electron chi connectivity index (χ0n) is 15.6. The molecule has 2 aromatic carbocycles. The summed E-state index contributed by atoms with van der Waals surface area (Å²) in [6, 6.07) is 11.9. The van der Waals surface area contributed by atoms with E-state index < -0.39 is 0 Å². The van der Waals surface area contributed by atoms with Crippen LogP contribution in [-0.2, 0) is 4.74 Å². The van der Waals surface area contributed by atoms with Crippen LogP contribution in [0, 0.1) is 0 Å². The minimum Gasteiger partial charge on any atom is -0.492 e. The Hall–Kier alpha value is -2.34. The SMILES string of the molecule is CCCCOc1ccc(C(=O)Nc2ccc(C(=O)OCCC)cc2)cc1Br. The molecule has 0 aliphatic carbocycles. The van der Waals surface area contributed by atoms with Gasteiger partial charge in [0, 0.05) is 11.3 Å². The van der Waals surface area contributed by atoms with Crippen molar-refractivity contribution in [2.45, 2.75) is 33.1 Å². The highest BCUT2D eigenvalue weighted by atomic mass is 79.9. The van der Waals surface area contributed by atoms with Crippen molar-refractivity contribution in [3.63, 3.8) is 0 Å². The standard InChI is InChI=1S/C21H24BrNO4/c1-3-5-13-26-19-11-8-16(14-18(19)22)20(24)23-17-9-6-15(7-10-17)21(25)27-12-4-2/h6-11,14H,3-5,12-13H2,1-2H3,(H,23,24). The minimum absolute atomic E-state index is 0.239. The van der Waals surface area contributed by atoms with E-state index in [4.69, 9.17) is 9.47 Å². The monoisotopic (exact) mass is 433 g/mol. The largest absolute Gasteiger partial charge is 0.492 e. The van der Waals surface area contributed by atoms with Crippen LogP contribution in [0.2, 0.25) is 0 Å². The second-order valence-electron chi connectivity index (χ2n) is 6.01. The number of amides is 1. The van der Waals surface area contributed by atoms with Crippen molar-refractivity contribution in [3.8, 4) is 5.75 Å². The van der Waals surface area contributed by atoms with Gasteiger partial charge in [-0.2, -0.15) is 0 Å². The lowest BCUT2D eigenvalue weighted by Crippen LogP contribution is -2.12. The molecule has 0 unspecified atom stereocenters. The molecule has 1 N–H and O–H groups in total. The van der Waals surface area contributed by atoms with Crippen molar-refractivity contribution in [1.29, 1.82) is 0 Å². The van der Waals surface area contributed by atoms with Gasteiger partial charge in [-0.15, -0.1) is 0 Å². The molecule has 0 bridgehead atoms. The topological polar surface area (TPSA) is 64.6 Å². The van der Waals surface area contributed by atoms with Crippen LogP contribution in [0.5, 0.6) is 5.75 Å². The molecule has 5 nitrogen and oxygen atoms in total. The molecule has 0 atom stereocenters. The summed E-state index contributed by atoms with van der Waals surface area (Å²) in [5.41, 5.74) is 1.57. The number of carbonyl (C=O) groups excluding carboxylic acids is 2. The Labute approximate surface area is 168 Å². The van der Waals surface area contributed by atoms with E-state index in [1.54, 1.807) is 42.5 Å². The summed E-state index contributed by atoms with van der Waals surface area (Å²) in [7, 11) is 0. The van der Waals surface area contributed by atoms with Gasteiger partial charge < -0.3 is 14.8 Å². The highest BCUT2D eigenvalue weighted by Crippen LogP contribution is 2.26. The Kier molecular flexibility index (Phi) is 8.33. The molecule has 0 aliphatic heterocycles. The van der Waals surface area contributed by atoms with E-state index >= 15 is 0 Å². The minimum atomic E-state index is -0.364. The van der Waals surface area contributed by atoms with Gasteiger partial charge in [0.2, 0.25) is 0 Å². The van der Waals surface area contributed by atoms with Crippen molar-refractivity contribution < 1.29 is 19.1 Å². The Balaban J connectivity index is 1.98. The van der Waals surface area contributed by atoms with Crippen molar-refractivity contribution in [3.05, 3.63) is 58.1 Å². The lowest BCUT2D eigenvalue weighted by molar-refractivity contribution is 0.0505. The van der Waals surface area contributed by atoms with E-state index in [2.05, 4.69) is 28.2 Å². The summed E-state index contributed by atoms with van der Waals surface area (Å²) in [5.74, 6) is 0.115. The van der Waals surface area contributed by atoms with Gasteiger partial charge in [0.15, 0.2) is 0 Å². The van der Waals surface area contributed by atoms with Gasteiger partial charge in [-0.3, -0.25) is 4.79 Å². The van der Waals surface area contributed by atoms with Crippen LogP contribution >= 0.6 is 15.9 Å². The van der Waals surface area contributed by atoms with E-state index in [9.17, 15) is 9.59 Å². The Morgan fingerprint density at radius 1 is 0.963 bits per heavy atom. The third-order valence-corrected chi connectivity index (χ3v) is 4.38. The average Bonchev–Trinajstić information content (AvgIpc) is 2.68. The molecule has 0 fully saturated rings. The van der Waals surface area contributed by atoms with Crippen molar-refractivity contribution in [2.75, 3.05) is 18.5 Å². The van der Waals surface area contributed by atoms with Gasteiger partial charge >= 0.3 is 5.97 Å². The lowest BCUT2D eigenvalue weighted by Gasteiger charge is -2.10. The van der Waals surface area contributed by atoms with Crippen molar-refractivity contribution >= 4 is 33.5 Å². The van der Waals surface area contributed by atoms with Crippen LogP contribution in [0.1, 0.15) is 53.8 Å². The molecular weight excluding hydrogens is 410 g/mol. The maximum absolute atomic E-state index is 12.4. The van der Waals surface area contributed by atoms with Gasteiger partial charge in [-0.1, -0.05) is 20.3 Å². The number of carbonyl (C=O) groups is 2. The fraction of sp³-hybridized carbons (Fsp3) is 0.333. The first kappa shape index (κ1) is 21.0. The smallest absolute Gasteiger partial charge is 0.338 e. The summed E-state index contributed by atoms with van der Waals surface area (Å²) < 4.78 is 11.5. The van der Waals surface area contributed by atoms with Gasteiger partial charge in [0.1, 0.15) is 5.75 Å². The summed E-state index contributed by atoms with van der Waals surface area (Å²) in [4.78, 5) is 24.2. The lowest BCUT2D eigenvalue weighted by atomic mass is 10.1. The van der Waals surface area contributed by atoms with Gasteiger partial charge in [0.05, 0.1) is 23.2 Å². The van der Waals surface area contributed by atoms with Crippen molar-refractivity contribution in [2.24, 2.45) is 0 Å². The number of hydrogen-bond donors (Lipinski definition) is 1. The van der Waals surface area contributed by atoms with Crippen LogP contribution < -0.4 is 10.1 Å². The van der Waals surface area contributed by atoms with E-state index in [1.165, 1.54) is 0 Å². The third kappa shape index (κ3) is 6.40. The fourth-order valence-corrected chi connectivity index (χ4v) is 2.75. The van der Waals surface area contributed by atoms with Gasteiger partial charge in [0.25, 0.3) is 5.91 Å². The van der Waals surface area contributed by atoms with Crippen molar-refractivity contribution in [1.82, 2.24) is 0 Å². The zero-order valence-corrected chi connectivity index (χ0v) is 17.2. The summed E-state index contributed by atoms with van der Waals surface area (Å²) in [5, 5.41) is 2.81. The summed E-state index contributed by atoms with van der Waals surface area (Å²) >= 11 is 3.44. The predicted molar refractivity (Wildman–Crippen MR) is 110 cm³/mol. The number of nitrogens with one attached hydrogen (secondary N) is 1. The van der Waals surface area contributed by atoms with Crippen LogP contribution in [-0.4, -0.2) is 25.1 Å². The third-order valence-electron chi connectivity index (χ3n) is 3.77. The Morgan fingerprint density at radius 3 is 2.30 bits per heavy atom. The molecule has 0 radical (unpaired) electrons. The molecule has 27 heavy (non-hydrogen) atoms. The molecule has 6 heteroatoms. The van der Waals surface area contributed by atoms with Crippen LogP contribution in [0.15, 0.2) is 46.9 Å². The molecular formula is C21H24BrNO4. The molecule has 0 aromatic heterocycles. The maximum atomic E-state index is 12.4. The maximum Gasteiger partial charge on any atom is 0.338 e. The number of ether oxygens (including phenoxy) is 2. The molecule has 0 heterocycles. The normalized spacial score (nSPS) is 10.3. The van der Waals surface area contributed by atoms with Crippen LogP contribution in [0.3, 0.4) is 0 Å². The first-order chi connectivity index (χ1) is 13.0. The van der Waals surface area contributed by atoms with E-state index in [0.717, 1.165) is 29.5 Å². The number of esters is 1. The van der Waals surface area contributed by atoms with Crippen LogP contribution in [0.25, 0.3) is 0 Å². The number of rotatable bonds is 9.